The van der Waals surface area contributed by atoms with Gasteiger partial charge in [0, 0.05) is 12.1 Å². The number of sulfonamides is 1. The van der Waals surface area contributed by atoms with Crippen molar-refractivity contribution in [1.29, 1.82) is 0 Å². The molecule has 6 nitrogen and oxygen atoms in total. The van der Waals surface area contributed by atoms with E-state index in [-0.39, 0.29) is 5.69 Å². The van der Waals surface area contributed by atoms with E-state index in [2.05, 4.69) is 4.72 Å². The molecule has 0 radical (unpaired) electrons. The van der Waals surface area contributed by atoms with Gasteiger partial charge in [-0.1, -0.05) is 30.3 Å². The van der Waals surface area contributed by atoms with Gasteiger partial charge in [-0.05, 0) is 23.6 Å². The Hall–Kier alpha value is -2.41. The topological polar surface area (TPSA) is 89.3 Å². The van der Waals surface area contributed by atoms with Crippen molar-refractivity contribution in [3.8, 4) is 0 Å². The Morgan fingerprint density at radius 2 is 1.81 bits per heavy atom. The van der Waals surface area contributed by atoms with Crippen molar-refractivity contribution in [2.75, 3.05) is 11.0 Å². The van der Waals surface area contributed by atoms with Gasteiger partial charge in [-0.3, -0.25) is 14.8 Å². The number of non-ortho nitro benzene ring substituents is 1. The first-order valence-electron chi connectivity index (χ1n) is 6.14. The molecule has 110 valence electrons. The predicted octanol–water partition coefficient (Wildman–Crippen LogP) is 2.56. The second kappa shape index (κ2) is 5.92. The number of nitro groups is 1. The number of nitro benzene ring substituents is 1. The fraction of sp³-hybridized carbons (Fsp3) is 0.143. The molecule has 0 unspecified atom stereocenters. The van der Waals surface area contributed by atoms with Crippen LogP contribution in [0.25, 0.3) is 0 Å². The van der Waals surface area contributed by atoms with Crippen LogP contribution < -0.4 is 4.72 Å². The van der Waals surface area contributed by atoms with E-state index >= 15 is 0 Å². The summed E-state index contributed by atoms with van der Waals surface area (Å²) >= 11 is 0. The zero-order valence-corrected chi connectivity index (χ0v) is 12.1. The normalized spacial score (nSPS) is 11.1. The Morgan fingerprint density at radius 3 is 2.38 bits per heavy atom. The van der Waals surface area contributed by atoms with Gasteiger partial charge < -0.3 is 0 Å². The average molecular weight is 306 g/mol. The fourth-order valence-electron chi connectivity index (χ4n) is 1.96. The van der Waals surface area contributed by atoms with Gasteiger partial charge in [0.05, 0.1) is 16.9 Å². The Bertz CT molecular complexity index is 758. The Morgan fingerprint density at radius 1 is 1.14 bits per heavy atom. The quantitative estimate of drug-likeness (QED) is 0.679. The summed E-state index contributed by atoms with van der Waals surface area (Å²) in [6, 6.07) is 13.4. The van der Waals surface area contributed by atoms with Crippen molar-refractivity contribution in [3.63, 3.8) is 0 Å². The van der Waals surface area contributed by atoms with E-state index in [1.54, 1.807) is 0 Å². The smallest absolute Gasteiger partial charge is 0.269 e. The molecule has 0 fully saturated rings. The highest BCUT2D eigenvalue weighted by atomic mass is 32.2. The van der Waals surface area contributed by atoms with E-state index in [1.807, 2.05) is 30.3 Å². The fourth-order valence-corrected chi connectivity index (χ4v) is 2.55. The number of nitrogens with zero attached hydrogens (tertiary/aromatic N) is 1. The van der Waals surface area contributed by atoms with E-state index in [9.17, 15) is 18.5 Å². The van der Waals surface area contributed by atoms with E-state index in [1.165, 1.54) is 18.2 Å². The zero-order chi connectivity index (χ0) is 15.5. The monoisotopic (exact) mass is 306 g/mol. The molecule has 0 aliphatic rings. The van der Waals surface area contributed by atoms with E-state index < -0.39 is 14.9 Å². The molecule has 0 saturated carbocycles. The largest absolute Gasteiger partial charge is 0.283 e. The lowest BCUT2D eigenvalue weighted by molar-refractivity contribution is -0.384. The first-order valence-corrected chi connectivity index (χ1v) is 8.03. The van der Waals surface area contributed by atoms with Crippen LogP contribution in [0.3, 0.4) is 0 Å². The minimum absolute atomic E-state index is 0.0695. The summed E-state index contributed by atoms with van der Waals surface area (Å²) in [6.07, 6.45) is 1.45. The highest BCUT2D eigenvalue weighted by Crippen LogP contribution is 2.25. The third kappa shape index (κ3) is 4.28. The maximum Gasteiger partial charge on any atom is 0.269 e. The molecule has 0 saturated heterocycles. The molecule has 0 aliphatic heterocycles. The molecule has 2 aromatic carbocycles. The third-order valence-corrected chi connectivity index (χ3v) is 3.42. The number of rotatable bonds is 5. The van der Waals surface area contributed by atoms with Crippen LogP contribution in [-0.2, 0) is 16.4 Å². The van der Waals surface area contributed by atoms with Gasteiger partial charge in [-0.25, -0.2) is 8.42 Å². The summed E-state index contributed by atoms with van der Waals surface area (Å²) in [5, 5.41) is 10.9. The third-order valence-electron chi connectivity index (χ3n) is 2.83. The SMILES string of the molecule is CS(=O)(=O)Nc1ccc([N+](=O)[O-])cc1Cc1ccccc1. The van der Waals surface area contributed by atoms with Crippen LogP contribution in [-0.4, -0.2) is 19.6 Å². The molecule has 21 heavy (non-hydrogen) atoms. The van der Waals surface area contributed by atoms with Crippen LogP contribution in [0.15, 0.2) is 48.5 Å². The second-order valence-electron chi connectivity index (χ2n) is 4.64. The first-order chi connectivity index (χ1) is 9.85. The second-order valence-corrected chi connectivity index (χ2v) is 6.38. The lowest BCUT2D eigenvalue weighted by Gasteiger charge is -2.10. The van der Waals surface area contributed by atoms with Crippen LogP contribution in [0.4, 0.5) is 11.4 Å². The summed E-state index contributed by atoms with van der Waals surface area (Å²) < 4.78 is 25.1. The van der Waals surface area contributed by atoms with Crippen LogP contribution in [0.2, 0.25) is 0 Å². The van der Waals surface area contributed by atoms with Crippen molar-refractivity contribution in [1.82, 2.24) is 0 Å². The van der Waals surface area contributed by atoms with Crippen molar-refractivity contribution in [3.05, 3.63) is 69.8 Å². The van der Waals surface area contributed by atoms with Gasteiger partial charge in [-0.2, -0.15) is 0 Å². The lowest BCUT2D eigenvalue weighted by Crippen LogP contribution is -2.11. The summed E-state index contributed by atoms with van der Waals surface area (Å²) in [4.78, 5) is 10.4. The molecule has 0 atom stereocenters. The Kier molecular flexibility index (Phi) is 4.23. The van der Waals surface area contributed by atoms with Gasteiger partial charge in [0.1, 0.15) is 0 Å². The first kappa shape index (κ1) is 15.0. The van der Waals surface area contributed by atoms with Gasteiger partial charge in [0.15, 0.2) is 0 Å². The molecular formula is C14H14N2O4S. The predicted molar refractivity (Wildman–Crippen MR) is 80.8 cm³/mol. The van der Waals surface area contributed by atoms with Gasteiger partial charge in [0.2, 0.25) is 10.0 Å². The zero-order valence-electron chi connectivity index (χ0n) is 11.3. The molecule has 0 aromatic heterocycles. The maximum absolute atomic E-state index is 11.4. The Balaban J connectivity index is 2.43. The van der Waals surface area contributed by atoms with Crippen molar-refractivity contribution in [2.24, 2.45) is 0 Å². The molecule has 0 aliphatic carbocycles. The molecule has 7 heteroatoms. The molecule has 2 aromatic rings. The van der Waals surface area contributed by atoms with Crippen LogP contribution in [0.5, 0.6) is 0 Å². The van der Waals surface area contributed by atoms with Gasteiger partial charge in [-0.15, -0.1) is 0 Å². The highest BCUT2D eigenvalue weighted by Gasteiger charge is 2.13. The van der Waals surface area contributed by atoms with E-state index in [0.717, 1.165) is 11.8 Å². The van der Waals surface area contributed by atoms with Gasteiger partial charge >= 0.3 is 0 Å². The molecule has 0 bridgehead atoms. The maximum atomic E-state index is 11.4. The van der Waals surface area contributed by atoms with Gasteiger partial charge in [0.25, 0.3) is 5.69 Å². The molecule has 0 heterocycles. The summed E-state index contributed by atoms with van der Waals surface area (Å²) in [5.74, 6) is 0. The average Bonchev–Trinajstić information content (AvgIpc) is 2.40. The molecular weight excluding hydrogens is 292 g/mol. The lowest BCUT2D eigenvalue weighted by atomic mass is 10.0. The Labute approximate surface area is 122 Å². The van der Waals surface area contributed by atoms with Crippen molar-refractivity contribution in [2.45, 2.75) is 6.42 Å². The van der Waals surface area contributed by atoms with Crippen molar-refractivity contribution >= 4 is 21.4 Å². The molecule has 2 rings (SSSR count). The van der Waals surface area contributed by atoms with E-state index in [4.69, 9.17) is 0 Å². The van der Waals surface area contributed by atoms with E-state index in [0.29, 0.717) is 17.7 Å². The number of anilines is 1. The number of benzene rings is 2. The van der Waals surface area contributed by atoms with Crippen LogP contribution >= 0.6 is 0 Å². The minimum atomic E-state index is -3.44. The number of nitrogens with one attached hydrogen (secondary N) is 1. The summed E-state index contributed by atoms with van der Waals surface area (Å²) in [5.41, 5.74) is 1.78. The summed E-state index contributed by atoms with van der Waals surface area (Å²) in [7, 11) is -3.44. The number of hydrogen-bond donors (Lipinski definition) is 1. The van der Waals surface area contributed by atoms with Crippen molar-refractivity contribution < 1.29 is 13.3 Å². The number of hydrogen-bond acceptors (Lipinski definition) is 4. The van der Waals surface area contributed by atoms with Crippen LogP contribution in [0.1, 0.15) is 11.1 Å². The standard InChI is InChI=1S/C14H14N2O4S/c1-21(19,20)15-14-8-7-13(16(17)18)10-12(14)9-11-5-3-2-4-6-11/h2-8,10,15H,9H2,1H3. The molecule has 0 amide bonds. The highest BCUT2D eigenvalue weighted by molar-refractivity contribution is 7.92. The van der Waals surface area contributed by atoms with Crippen LogP contribution in [0, 0.1) is 10.1 Å². The minimum Gasteiger partial charge on any atom is -0.283 e. The summed E-state index contributed by atoms with van der Waals surface area (Å²) in [6.45, 7) is 0. The molecule has 1 N–H and O–H groups in total. The molecule has 0 spiro atoms.